The summed E-state index contributed by atoms with van der Waals surface area (Å²) in [6.07, 6.45) is -3.10. The Morgan fingerprint density at radius 2 is 1.02 bits per heavy atom. The van der Waals surface area contributed by atoms with Gasteiger partial charge < -0.3 is 38.6 Å². The molecule has 0 bridgehead atoms. The van der Waals surface area contributed by atoms with Crippen molar-refractivity contribution in [1.29, 1.82) is 0 Å². The normalized spacial score (nSPS) is 19.7. The molecule has 1 heterocycles. The van der Waals surface area contributed by atoms with Gasteiger partial charge in [-0.05, 0) is 16.7 Å². The highest BCUT2D eigenvalue weighted by Gasteiger charge is 2.49. The van der Waals surface area contributed by atoms with Crippen molar-refractivity contribution in [3.63, 3.8) is 0 Å². The number of carbonyl (C=O) groups excluding carboxylic acids is 2. The van der Waals surface area contributed by atoms with Crippen molar-refractivity contribution < 1.29 is 57.8 Å². The molecule has 0 spiro atoms. The Morgan fingerprint density at radius 1 is 0.604 bits per heavy atom. The van der Waals surface area contributed by atoms with Crippen molar-refractivity contribution in [3.05, 3.63) is 108 Å². The van der Waals surface area contributed by atoms with Crippen LogP contribution in [-0.2, 0) is 67.4 Å². The Morgan fingerprint density at radius 3 is 1.44 bits per heavy atom. The first-order chi connectivity index (χ1) is 23.0. The summed E-state index contributed by atoms with van der Waals surface area (Å²) in [5.74, 6) is -3.06. The Balaban J connectivity index is 0.000000900. The van der Waals surface area contributed by atoms with Crippen LogP contribution in [-0.4, -0.2) is 71.9 Å². The number of carboxylic acid groups (broad SMARTS) is 2. The summed E-state index contributed by atoms with van der Waals surface area (Å²) in [7, 11) is 0. The van der Waals surface area contributed by atoms with Gasteiger partial charge in [-0.2, -0.15) is 0 Å². The molecule has 0 aromatic heterocycles. The minimum Gasteiger partial charge on any atom is -0.481 e. The molecule has 1 saturated heterocycles. The number of benzene rings is 3. The van der Waals surface area contributed by atoms with E-state index in [1.807, 2.05) is 91.0 Å². The Kier molecular flexibility index (Phi) is 18.2. The summed E-state index contributed by atoms with van der Waals surface area (Å²) >= 11 is 0. The van der Waals surface area contributed by atoms with E-state index in [1.165, 1.54) is 13.8 Å². The third kappa shape index (κ3) is 16.3. The van der Waals surface area contributed by atoms with E-state index < -0.39 is 54.4 Å². The van der Waals surface area contributed by atoms with Gasteiger partial charge in [-0.15, -0.1) is 0 Å². The maximum absolute atomic E-state index is 12.1. The molecular weight excluding hydrogens is 624 g/mol. The van der Waals surface area contributed by atoms with Gasteiger partial charge in [0.25, 0.3) is 11.9 Å². The molecule has 5 atom stereocenters. The molecular formula is C36H44O12. The van der Waals surface area contributed by atoms with Gasteiger partial charge in [0, 0.05) is 27.7 Å². The van der Waals surface area contributed by atoms with Crippen LogP contribution in [0, 0.1) is 5.92 Å². The molecule has 0 amide bonds. The molecule has 12 heteroatoms. The topological polar surface area (TPSA) is 164 Å². The lowest BCUT2D eigenvalue weighted by Gasteiger charge is -2.45. The zero-order valence-electron chi connectivity index (χ0n) is 27.6. The molecule has 4 rings (SSSR count). The second-order valence-corrected chi connectivity index (χ2v) is 10.7. The van der Waals surface area contributed by atoms with E-state index in [4.69, 9.17) is 48.2 Å². The first-order valence-electron chi connectivity index (χ1n) is 15.2. The van der Waals surface area contributed by atoms with Crippen LogP contribution in [0.5, 0.6) is 0 Å². The van der Waals surface area contributed by atoms with Crippen LogP contribution in [0.15, 0.2) is 91.0 Å². The van der Waals surface area contributed by atoms with E-state index in [-0.39, 0.29) is 26.4 Å². The van der Waals surface area contributed by atoms with E-state index in [0.29, 0.717) is 6.61 Å². The maximum atomic E-state index is 12.1. The van der Waals surface area contributed by atoms with Crippen molar-refractivity contribution in [2.75, 3.05) is 13.2 Å². The molecule has 0 saturated carbocycles. The Labute approximate surface area is 280 Å². The van der Waals surface area contributed by atoms with Gasteiger partial charge in [0.15, 0.2) is 0 Å². The highest BCUT2D eigenvalue weighted by molar-refractivity contribution is 5.66. The molecule has 3 aromatic rings. The summed E-state index contributed by atoms with van der Waals surface area (Å²) < 4.78 is 36.2. The third-order valence-corrected chi connectivity index (χ3v) is 6.53. The standard InChI is InChI=1S/C32H36O8.2C2H4O2/c1-23(33)36-21-28-29(22-35-18-25-12-6-3-7-13-25)40-32(39-24(2)34)31(38-20-27-16-10-5-11-17-27)30(28)37-19-26-14-8-4-9-15-26;2*1-2(3)4/h3-17,28-32H,18-22H2,1-2H3;2*1H3,(H,3,4)/t28-,29-,30+,31-,32?;;/m1../s1. The van der Waals surface area contributed by atoms with E-state index in [0.717, 1.165) is 30.5 Å². The molecule has 12 nitrogen and oxygen atoms in total. The van der Waals surface area contributed by atoms with Crippen molar-refractivity contribution in [2.24, 2.45) is 5.92 Å². The van der Waals surface area contributed by atoms with Gasteiger partial charge in [0.2, 0.25) is 6.29 Å². The van der Waals surface area contributed by atoms with Gasteiger partial charge in [-0.3, -0.25) is 19.2 Å². The van der Waals surface area contributed by atoms with Crippen molar-refractivity contribution in [2.45, 2.75) is 72.1 Å². The summed E-state index contributed by atoms with van der Waals surface area (Å²) in [6, 6.07) is 29.2. The first-order valence-corrected chi connectivity index (χ1v) is 15.2. The van der Waals surface area contributed by atoms with E-state index in [1.54, 1.807) is 0 Å². The van der Waals surface area contributed by atoms with Crippen LogP contribution in [0.25, 0.3) is 0 Å². The molecule has 260 valence electrons. The minimum atomic E-state index is -1.05. The smallest absolute Gasteiger partial charge is 0.305 e. The van der Waals surface area contributed by atoms with Gasteiger partial charge in [-0.25, -0.2) is 0 Å². The molecule has 3 aromatic carbocycles. The summed E-state index contributed by atoms with van der Waals surface area (Å²) in [6.45, 7) is 5.91. The van der Waals surface area contributed by atoms with Crippen molar-refractivity contribution in [1.82, 2.24) is 0 Å². The maximum Gasteiger partial charge on any atom is 0.305 e. The molecule has 1 unspecified atom stereocenters. The lowest BCUT2D eigenvalue weighted by molar-refractivity contribution is -0.305. The number of carbonyl (C=O) groups is 4. The molecule has 48 heavy (non-hydrogen) atoms. The number of aliphatic carboxylic acids is 2. The molecule has 2 N–H and O–H groups in total. The van der Waals surface area contributed by atoms with Crippen LogP contribution in [0.2, 0.25) is 0 Å². The Hall–Kier alpha value is -4.62. The van der Waals surface area contributed by atoms with E-state index in [9.17, 15) is 9.59 Å². The number of hydrogen-bond acceptors (Lipinski definition) is 10. The molecule has 0 radical (unpaired) electrons. The number of esters is 2. The van der Waals surface area contributed by atoms with E-state index in [2.05, 4.69) is 0 Å². The summed E-state index contributed by atoms with van der Waals surface area (Å²) in [5.41, 5.74) is 2.91. The zero-order chi connectivity index (χ0) is 35.3. The van der Waals surface area contributed by atoms with Gasteiger partial charge in [0.05, 0.1) is 51.2 Å². The highest BCUT2D eigenvalue weighted by Crippen LogP contribution is 2.33. The second kappa shape index (κ2) is 22.0. The molecule has 0 aliphatic carbocycles. The third-order valence-electron chi connectivity index (χ3n) is 6.53. The van der Waals surface area contributed by atoms with E-state index >= 15 is 0 Å². The quantitative estimate of drug-likeness (QED) is 0.234. The Bertz CT molecular complexity index is 1350. The first kappa shape index (κ1) is 39.6. The monoisotopic (exact) mass is 668 g/mol. The zero-order valence-corrected chi connectivity index (χ0v) is 27.6. The SMILES string of the molecule is CC(=O)O.CC(=O)O.CC(=O)OC[C@H]1[C@H](OCc2ccccc2)[C@@H](OCc2ccccc2)C(OC(C)=O)O[C@@H]1COCc1ccccc1. The fourth-order valence-electron chi connectivity index (χ4n) is 4.59. The lowest BCUT2D eigenvalue weighted by atomic mass is 9.89. The molecule has 1 aliphatic rings. The second-order valence-electron chi connectivity index (χ2n) is 10.7. The molecule has 1 aliphatic heterocycles. The van der Waals surface area contributed by atoms with Crippen LogP contribution < -0.4 is 0 Å². The average Bonchev–Trinajstić information content (AvgIpc) is 3.03. The number of ether oxygens (including phenoxy) is 6. The summed E-state index contributed by atoms with van der Waals surface area (Å²) in [5, 5.41) is 14.8. The predicted octanol–water partition coefficient (Wildman–Crippen LogP) is 5.02. The number of carboxylic acids is 2. The number of rotatable bonds is 13. The largest absolute Gasteiger partial charge is 0.481 e. The van der Waals surface area contributed by atoms with Crippen LogP contribution in [0.3, 0.4) is 0 Å². The fraction of sp³-hybridized carbons (Fsp3) is 0.389. The molecule has 1 fully saturated rings. The fourth-order valence-corrected chi connectivity index (χ4v) is 4.59. The lowest BCUT2D eigenvalue weighted by Crippen LogP contribution is -2.59. The van der Waals surface area contributed by atoms with Gasteiger partial charge in [-0.1, -0.05) is 91.0 Å². The minimum absolute atomic E-state index is 0.0200. The van der Waals surface area contributed by atoms with Crippen LogP contribution in [0.4, 0.5) is 0 Å². The van der Waals surface area contributed by atoms with Crippen LogP contribution in [0.1, 0.15) is 44.4 Å². The summed E-state index contributed by atoms with van der Waals surface area (Å²) in [4.78, 5) is 42.0. The average molecular weight is 669 g/mol. The van der Waals surface area contributed by atoms with Gasteiger partial charge in [0.1, 0.15) is 6.10 Å². The van der Waals surface area contributed by atoms with Gasteiger partial charge >= 0.3 is 11.9 Å². The van der Waals surface area contributed by atoms with Crippen LogP contribution >= 0.6 is 0 Å². The van der Waals surface area contributed by atoms with Crippen molar-refractivity contribution in [3.8, 4) is 0 Å². The predicted molar refractivity (Wildman–Crippen MR) is 173 cm³/mol. The van der Waals surface area contributed by atoms with Crippen molar-refractivity contribution >= 4 is 23.9 Å². The number of hydrogen-bond donors (Lipinski definition) is 2. The highest BCUT2D eigenvalue weighted by atomic mass is 16.7.